The Morgan fingerprint density at radius 2 is 2.05 bits per heavy atom. The van der Waals surface area contributed by atoms with E-state index in [2.05, 4.69) is 5.32 Å². The largest absolute Gasteiger partial charge is 0.315 e. The fourth-order valence-corrected chi connectivity index (χ4v) is 5.73. The molecular formula is C14H20N2O2S3. The van der Waals surface area contributed by atoms with Crippen molar-refractivity contribution in [3.8, 4) is 0 Å². The summed E-state index contributed by atoms with van der Waals surface area (Å²) in [5.41, 5.74) is 0. The van der Waals surface area contributed by atoms with Crippen molar-refractivity contribution in [1.29, 1.82) is 0 Å². The lowest BCUT2D eigenvalue weighted by Gasteiger charge is -2.23. The molecule has 21 heavy (non-hydrogen) atoms. The van der Waals surface area contributed by atoms with Crippen LogP contribution < -0.4 is 5.32 Å². The molecule has 4 nitrogen and oxygen atoms in total. The van der Waals surface area contributed by atoms with Crippen molar-refractivity contribution in [2.24, 2.45) is 0 Å². The van der Waals surface area contributed by atoms with Crippen molar-refractivity contribution in [3.63, 3.8) is 0 Å². The summed E-state index contributed by atoms with van der Waals surface area (Å²) in [7, 11) is 0.0980. The minimum Gasteiger partial charge on any atom is -0.315 e. The van der Waals surface area contributed by atoms with Crippen molar-refractivity contribution >= 4 is 32.7 Å². The van der Waals surface area contributed by atoms with E-state index in [-0.39, 0.29) is 6.04 Å². The van der Waals surface area contributed by atoms with E-state index in [1.54, 1.807) is 24.5 Å². The first kappa shape index (κ1) is 16.6. The second kappa shape index (κ2) is 7.02. The average Bonchev–Trinajstić information content (AvgIpc) is 3.09. The number of nitrogens with zero attached hydrogens (tertiary/aromatic N) is 1. The monoisotopic (exact) mass is 344 g/mol. The van der Waals surface area contributed by atoms with Crippen molar-refractivity contribution in [3.05, 3.63) is 39.4 Å². The van der Waals surface area contributed by atoms with Gasteiger partial charge in [0.1, 0.15) is 4.21 Å². The Morgan fingerprint density at radius 1 is 1.29 bits per heavy atom. The van der Waals surface area contributed by atoms with Crippen molar-refractivity contribution in [1.82, 2.24) is 9.62 Å². The smallest absolute Gasteiger partial charge is 0.252 e. The van der Waals surface area contributed by atoms with E-state index in [1.807, 2.05) is 37.6 Å². The summed E-state index contributed by atoms with van der Waals surface area (Å²) in [4.78, 5) is 2.22. The highest BCUT2D eigenvalue weighted by molar-refractivity contribution is 7.91. The van der Waals surface area contributed by atoms with Crippen LogP contribution in [0, 0.1) is 0 Å². The highest BCUT2D eigenvalue weighted by atomic mass is 32.2. The van der Waals surface area contributed by atoms with Gasteiger partial charge in [0.15, 0.2) is 0 Å². The van der Waals surface area contributed by atoms with Crippen LogP contribution in [0.15, 0.2) is 33.9 Å². The van der Waals surface area contributed by atoms with Gasteiger partial charge >= 0.3 is 0 Å². The van der Waals surface area contributed by atoms with E-state index in [1.165, 1.54) is 20.5 Å². The summed E-state index contributed by atoms with van der Waals surface area (Å²) >= 11 is 2.99. The Morgan fingerprint density at radius 3 is 2.67 bits per heavy atom. The van der Waals surface area contributed by atoms with Gasteiger partial charge in [-0.1, -0.05) is 6.07 Å². The molecule has 0 aliphatic carbocycles. The molecule has 2 aromatic heterocycles. The van der Waals surface area contributed by atoms with E-state index < -0.39 is 10.0 Å². The van der Waals surface area contributed by atoms with Gasteiger partial charge in [0.25, 0.3) is 10.0 Å². The molecule has 2 rings (SSSR count). The molecule has 0 saturated heterocycles. The first-order valence-electron chi connectivity index (χ1n) is 6.69. The van der Waals surface area contributed by atoms with E-state index >= 15 is 0 Å². The summed E-state index contributed by atoms with van der Waals surface area (Å²) in [6.07, 6.45) is 0.738. The third-order valence-electron chi connectivity index (χ3n) is 3.32. The van der Waals surface area contributed by atoms with Crippen LogP contribution in [0.5, 0.6) is 0 Å². The third kappa shape index (κ3) is 3.92. The van der Waals surface area contributed by atoms with Gasteiger partial charge < -0.3 is 5.32 Å². The van der Waals surface area contributed by atoms with E-state index in [4.69, 9.17) is 0 Å². The normalized spacial score (nSPS) is 13.7. The van der Waals surface area contributed by atoms with Crippen molar-refractivity contribution < 1.29 is 8.42 Å². The van der Waals surface area contributed by atoms with Crippen LogP contribution in [0.3, 0.4) is 0 Å². The third-order valence-corrected chi connectivity index (χ3v) is 7.74. The Bertz CT molecular complexity index is 662. The summed E-state index contributed by atoms with van der Waals surface area (Å²) in [5.74, 6) is 0. The summed E-state index contributed by atoms with van der Waals surface area (Å²) in [6, 6.07) is 7.53. The first-order valence-corrected chi connectivity index (χ1v) is 9.82. The molecular weight excluding hydrogens is 324 g/mol. The Labute approximate surface area is 134 Å². The lowest BCUT2D eigenvalue weighted by Crippen LogP contribution is -2.35. The standard InChI is InChI=1S/C14H20N2O2S3/c1-11(9-12-5-4-8-19-12)16(3)21(17,18)14-7-6-13(20-14)10-15-2/h4-8,11,15H,9-10H2,1-3H3. The first-order chi connectivity index (χ1) is 9.95. The zero-order chi connectivity index (χ0) is 15.5. The second-order valence-electron chi connectivity index (χ2n) is 4.90. The van der Waals surface area contributed by atoms with Crippen LogP contribution in [0.2, 0.25) is 0 Å². The molecule has 0 bridgehead atoms. The number of nitrogens with one attached hydrogen (secondary N) is 1. The minimum atomic E-state index is -3.41. The number of rotatable bonds is 7. The predicted octanol–water partition coefficient (Wildman–Crippen LogP) is 2.78. The van der Waals surface area contributed by atoms with Crippen LogP contribution in [0.25, 0.3) is 0 Å². The number of hydrogen-bond donors (Lipinski definition) is 1. The highest BCUT2D eigenvalue weighted by Gasteiger charge is 2.27. The molecule has 116 valence electrons. The summed E-state index contributed by atoms with van der Waals surface area (Å²) in [5, 5.41) is 5.05. The Kier molecular flexibility index (Phi) is 5.56. The fourth-order valence-electron chi connectivity index (χ4n) is 1.99. The molecule has 0 amide bonds. The molecule has 0 spiro atoms. The molecule has 7 heteroatoms. The number of likely N-dealkylation sites (N-methyl/N-ethyl adjacent to an activating group) is 1. The molecule has 2 aromatic rings. The maximum absolute atomic E-state index is 12.6. The van der Waals surface area contributed by atoms with Gasteiger partial charge in [0, 0.05) is 29.4 Å². The van der Waals surface area contributed by atoms with Crippen LogP contribution in [0.1, 0.15) is 16.7 Å². The topological polar surface area (TPSA) is 49.4 Å². The Balaban J connectivity index is 2.13. The van der Waals surface area contributed by atoms with E-state index in [9.17, 15) is 8.42 Å². The number of hydrogen-bond acceptors (Lipinski definition) is 5. The zero-order valence-electron chi connectivity index (χ0n) is 12.4. The predicted molar refractivity (Wildman–Crippen MR) is 89.5 cm³/mol. The molecule has 0 aliphatic heterocycles. The molecule has 0 aromatic carbocycles. The SMILES string of the molecule is CNCc1ccc(S(=O)(=O)N(C)C(C)Cc2cccs2)s1. The average molecular weight is 345 g/mol. The van der Waals surface area contributed by atoms with Crippen molar-refractivity contribution in [2.45, 2.75) is 30.1 Å². The lowest BCUT2D eigenvalue weighted by atomic mass is 10.2. The van der Waals surface area contributed by atoms with Gasteiger partial charge in [-0.25, -0.2) is 8.42 Å². The van der Waals surface area contributed by atoms with E-state index in [0.717, 1.165) is 11.3 Å². The van der Waals surface area contributed by atoms with Gasteiger partial charge in [0.05, 0.1) is 0 Å². The number of thiophene rings is 2. The molecule has 1 N–H and O–H groups in total. The molecule has 2 heterocycles. The van der Waals surface area contributed by atoms with Crippen LogP contribution in [-0.2, 0) is 23.0 Å². The van der Waals surface area contributed by atoms with Crippen LogP contribution >= 0.6 is 22.7 Å². The molecule has 0 radical (unpaired) electrons. The lowest BCUT2D eigenvalue weighted by molar-refractivity contribution is 0.389. The highest BCUT2D eigenvalue weighted by Crippen LogP contribution is 2.26. The van der Waals surface area contributed by atoms with Gasteiger partial charge in [-0.05, 0) is 44.0 Å². The molecule has 0 saturated carbocycles. The number of sulfonamides is 1. The molecule has 0 fully saturated rings. The Hall–Kier alpha value is -0.730. The van der Waals surface area contributed by atoms with Gasteiger partial charge in [-0.2, -0.15) is 4.31 Å². The molecule has 0 aliphatic rings. The van der Waals surface area contributed by atoms with Gasteiger partial charge in [-0.15, -0.1) is 22.7 Å². The minimum absolute atomic E-state index is 0.0662. The van der Waals surface area contributed by atoms with Gasteiger partial charge in [-0.3, -0.25) is 0 Å². The maximum atomic E-state index is 12.6. The van der Waals surface area contributed by atoms with Gasteiger partial charge in [0.2, 0.25) is 0 Å². The maximum Gasteiger partial charge on any atom is 0.252 e. The van der Waals surface area contributed by atoms with Crippen LogP contribution in [-0.4, -0.2) is 32.9 Å². The summed E-state index contributed by atoms with van der Waals surface area (Å²) < 4.78 is 27.2. The zero-order valence-corrected chi connectivity index (χ0v) is 14.8. The molecule has 1 unspecified atom stereocenters. The fraction of sp³-hybridized carbons (Fsp3) is 0.429. The summed E-state index contributed by atoms with van der Waals surface area (Å²) in [6.45, 7) is 2.63. The second-order valence-corrected chi connectivity index (χ2v) is 9.33. The van der Waals surface area contributed by atoms with E-state index in [0.29, 0.717) is 10.8 Å². The molecule has 1 atom stereocenters. The van der Waals surface area contributed by atoms with Crippen molar-refractivity contribution in [2.75, 3.05) is 14.1 Å². The quantitative estimate of drug-likeness (QED) is 0.840. The van der Waals surface area contributed by atoms with Crippen LogP contribution in [0.4, 0.5) is 0 Å².